The van der Waals surface area contributed by atoms with Crippen molar-refractivity contribution in [3.05, 3.63) is 70.4 Å². The Kier molecular flexibility index (Phi) is 9.02. The van der Waals surface area contributed by atoms with Gasteiger partial charge in [-0.15, -0.1) is 11.3 Å². The van der Waals surface area contributed by atoms with Crippen molar-refractivity contribution in [2.24, 2.45) is 0 Å². The standard InChI is InChI=1S/C25H28N4O4S2/c1-34-28-21-4-2-3-20(16-21)27-25(31)23-15-18(17-35-23)24(30)26-19-5-7-22(8-6-19)33-14-11-29-9-12-32-13-10-29/h2-8,15-17,28H,9-14H2,1H3,(H,26,30)(H,27,31). The molecule has 1 saturated heterocycles. The van der Waals surface area contributed by atoms with Crippen LogP contribution in [-0.4, -0.2) is 62.4 Å². The average molecular weight is 513 g/mol. The summed E-state index contributed by atoms with van der Waals surface area (Å²) < 4.78 is 14.3. The number of carbonyl (C=O) groups is 2. The molecule has 1 aromatic heterocycles. The molecule has 0 spiro atoms. The third-order valence-corrected chi connectivity index (χ3v) is 6.69. The first-order valence-corrected chi connectivity index (χ1v) is 13.3. The number of ether oxygens (including phenoxy) is 2. The highest BCUT2D eigenvalue weighted by Gasteiger charge is 2.15. The predicted molar refractivity (Wildman–Crippen MR) is 143 cm³/mol. The Balaban J connectivity index is 1.26. The van der Waals surface area contributed by atoms with Crippen molar-refractivity contribution in [2.75, 3.05) is 61.1 Å². The molecular formula is C25H28N4O4S2. The molecule has 2 heterocycles. The van der Waals surface area contributed by atoms with Crippen LogP contribution in [0.25, 0.3) is 0 Å². The molecular weight excluding hydrogens is 484 g/mol. The average Bonchev–Trinajstić information content (AvgIpc) is 3.37. The number of carbonyl (C=O) groups excluding carboxylic acids is 2. The molecule has 2 amide bonds. The summed E-state index contributed by atoms with van der Waals surface area (Å²) in [6.45, 7) is 4.87. The summed E-state index contributed by atoms with van der Waals surface area (Å²) in [6.07, 6.45) is 1.93. The minimum absolute atomic E-state index is 0.256. The molecule has 2 aromatic carbocycles. The quantitative estimate of drug-likeness (QED) is 0.341. The van der Waals surface area contributed by atoms with Crippen LogP contribution >= 0.6 is 23.3 Å². The van der Waals surface area contributed by atoms with Crippen molar-refractivity contribution < 1.29 is 19.1 Å². The molecule has 0 bridgehead atoms. The highest BCUT2D eigenvalue weighted by atomic mass is 32.2. The normalized spacial score (nSPS) is 13.7. The van der Waals surface area contributed by atoms with E-state index < -0.39 is 0 Å². The monoisotopic (exact) mass is 512 g/mol. The molecule has 0 unspecified atom stereocenters. The molecule has 10 heteroatoms. The second-order valence-corrected chi connectivity index (χ2v) is 9.35. The van der Waals surface area contributed by atoms with Gasteiger partial charge in [0.25, 0.3) is 11.8 Å². The van der Waals surface area contributed by atoms with Gasteiger partial charge in [-0.25, -0.2) is 0 Å². The lowest BCUT2D eigenvalue weighted by Crippen LogP contribution is -2.38. The summed E-state index contributed by atoms with van der Waals surface area (Å²) in [7, 11) is 0. The van der Waals surface area contributed by atoms with E-state index in [9.17, 15) is 9.59 Å². The molecule has 8 nitrogen and oxygen atoms in total. The Morgan fingerprint density at radius 1 is 1.00 bits per heavy atom. The fraction of sp³-hybridized carbons (Fsp3) is 0.280. The van der Waals surface area contributed by atoms with Gasteiger partial charge in [0.1, 0.15) is 12.4 Å². The van der Waals surface area contributed by atoms with Gasteiger partial charge >= 0.3 is 0 Å². The molecule has 3 N–H and O–H groups in total. The van der Waals surface area contributed by atoms with Crippen LogP contribution in [0.3, 0.4) is 0 Å². The summed E-state index contributed by atoms with van der Waals surface area (Å²) >= 11 is 2.71. The topological polar surface area (TPSA) is 91.9 Å². The molecule has 184 valence electrons. The van der Waals surface area contributed by atoms with E-state index in [0.717, 1.165) is 44.3 Å². The van der Waals surface area contributed by atoms with Crippen LogP contribution in [0.2, 0.25) is 0 Å². The van der Waals surface area contributed by atoms with E-state index >= 15 is 0 Å². The molecule has 4 rings (SSSR count). The van der Waals surface area contributed by atoms with E-state index in [1.807, 2.05) is 42.7 Å². The Morgan fingerprint density at radius 3 is 2.51 bits per heavy atom. The van der Waals surface area contributed by atoms with E-state index in [4.69, 9.17) is 9.47 Å². The van der Waals surface area contributed by atoms with Gasteiger partial charge in [0, 0.05) is 48.3 Å². The first-order chi connectivity index (χ1) is 17.1. The van der Waals surface area contributed by atoms with Crippen LogP contribution in [0, 0.1) is 0 Å². The number of hydrogen-bond donors (Lipinski definition) is 3. The number of nitrogens with zero attached hydrogens (tertiary/aromatic N) is 1. The summed E-state index contributed by atoms with van der Waals surface area (Å²) in [5, 5.41) is 7.41. The van der Waals surface area contributed by atoms with Crippen LogP contribution in [-0.2, 0) is 4.74 Å². The molecule has 3 aromatic rings. The minimum atomic E-state index is -0.271. The molecule has 0 saturated carbocycles. The van der Waals surface area contributed by atoms with Crippen LogP contribution in [0.1, 0.15) is 20.0 Å². The highest BCUT2D eigenvalue weighted by Crippen LogP contribution is 2.22. The second kappa shape index (κ2) is 12.6. The Morgan fingerprint density at radius 2 is 1.74 bits per heavy atom. The highest BCUT2D eigenvalue weighted by molar-refractivity contribution is 7.99. The molecule has 35 heavy (non-hydrogen) atoms. The molecule has 1 aliphatic heterocycles. The summed E-state index contributed by atoms with van der Waals surface area (Å²) in [6, 6.07) is 16.3. The van der Waals surface area contributed by atoms with Crippen molar-refractivity contribution in [3.63, 3.8) is 0 Å². The van der Waals surface area contributed by atoms with Gasteiger partial charge in [-0.1, -0.05) is 18.0 Å². The Bertz CT molecular complexity index is 1130. The van der Waals surface area contributed by atoms with E-state index in [0.29, 0.717) is 28.4 Å². The van der Waals surface area contributed by atoms with Gasteiger partial charge in [0.2, 0.25) is 0 Å². The minimum Gasteiger partial charge on any atom is -0.492 e. The number of amides is 2. The molecule has 1 fully saturated rings. The van der Waals surface area contributed by atoms with E-state index in [2.05, 4.69) is 20.3 Å². The number of thiophene rings is 1. The lowest BCUT2D eigenvalue weighted by Gasteiger charge is -2.26. The van der Waals surface area contributed by atoms with Gasteiger partial charge in [-0.3, -0.25) is 14.5 Å². The van der Waals surface area contributed by atoms with Crippen LogP contribution < -0.4 is 20.1 Å². The third kappa shape index (κ3) is 7.46. The third-order valence-electron chi connectivity index (χ3n) is 5.32. The fourth-order valence-corrected chi connectivity index (χ4v) is 4.65. The van der Waals surface area contributed by atoms with Gasteiger partial charge in [0.15, 0.2) is 0 Å². The lowest BCUT2D eigenvalue weighted by molar-refractivity contribution is 0.0322. The van der Waals surface area contributed by atoms with E-state index in [-0.39, 0.29) is 11.8 Å². The Labute approximate surface area is 213 Å². The van der Waals surface area contributed by atoms with Gasteiger partial charge in [-0.05, 0) is 48.5 Å². The maximum atomic E-state index is 12.7. The van der Waals surface area contributed by atoms with Gasteiger partial charge in [-0.2, -0.15) is 0 Å². The first-order valence-electron chi connectivity index (χ1n) is 11.2. The Hall–Kier alpha value is -3.05. The zero-order valence-corrected chi connectivity index (χ0v) is 21.0. The molecule has 0 atom stereocenters. The zero-order chi connectivity index (χ0) is 24.5. The number of hydrogen-bond acceptors (Lipinski definition) is 8. The molecule has 0 aliphatic carbocycles. The van der Waals surface area contributed by atoms with Gasteiger partial charge in [0.05, 0.1) is 23.7 Å². The number of benzene rings is 2. The largest absolute Gasteiger partial charge is 0.492 e. The molecule has 0 radical (unpaired) electrons. The summed E-state index contributed by atoms with van der Waals surface area (Å²) in [5.41, 5.74) is 2.67. The van der Waals surface area contributed by atoms with E-state index in [1.54, 1.807) is 23.6 Å². The number of rotatable bonds is 10. The van der Waals surface area contributed by atoms with E-state index in [1.165, 1.54) is 23.3 Å². The maximum Gasteiger partial charge on any atom is 0.265 e. The second-order valence-electron chi connectivity index (χ2n) is 7.82. The van der Waals surface area contributed by atoms with Crippen LogP contribution in [0.4, 0.5) is 17.1 Å². The first kappa shape index (κ1) is 25.1. The summed E-state index contributed by atoms with van der Waals surface area (Å²) in [4.78, 5) is 28.1. The maximum absolute atomic E-state index is 12.7. The number of anilines is 3. The zero-order valence-electron chi connectivity index (χ0n) is 19.4. The SMILES string of the molecule is CSNc1cccc(NC(=O)c2cc(C(=O)Nc3ccc(OCCN4CCOCC4)cc3)cs2)c1. The van der Waals surface area contributed by atoms with Crippen molar-refractivity contribution in [3.8, 4) is 5.75 Å². The molecule has 1 aliphatic rings. The van der Waals surface area contributed by atoms with Gasteiger partial charge < -0.3 is 24.8 Å². The summed E-state index contributed by atoms with van der Waals surface area (Å²) in [5.74, 6) is 0.226. The van der Waals surface area contributed by atoms with Crippen LogP contribution in [0.15, 0.2) is 60.0 Å². The smallest absolute Gasteiger partial charge is 0.265 e. The number of morpholine rings is 1. The van der Waals surface area contributed by atoms with Crippen molar-refractivity contribution in [1.29, 1.82) is 0 Å². The van der Waals surface area contributed by atoms with Crippen molar-refractivity contribution >= 4 is 52.2 Å². The van der Waals surface area contributed by atoms with Crippen molar-refractivity contribution in [2.45, 2.75) is 0 Å². The predicted octanol–water partition coefficient (Wildman–Crippen LogP) is 4.65. The fourth-order valence-electron chi connectivity index (χ4n) is 3.50. The number of nitrogens with one attached hydrogen (secondary N) is 3. The van der Waals surface area contributed by atoms with Crippen LogP contribution in [0.5, 0.6) is 5.75 Å². The lowest BCUT2D eigenvalue weighted by atomic mass is 10.2. The van der Waals surface area contributed by atoms with Crippen molar-refractivity contribution in [1.82, 2.24) is 4.90 Å².